The molecule has 0 aliphatic carbocycles. The van der Waals surface area contributed by atoms with Gasteiger partial charge in [0.2, 0.25) is 11.7 Å². The second kappa shape index (κ2) is 11.5. The van der Waals surface area contributed by atoms with Crippen molar-refractivity contribution in [2.24, 2.45) is 11.7 Å². The van der Waals surface area contributed by atoms with E-state index in [0.29, 0.717) is 13.1 Å². The van der Waals surface area contributed by atoms with Crippen molar-refractivity contribution in [3.05, 3.63) is 34.6 Å². The van der Waals surface area contributed by atoms with Crippen LogP contribution in [0.15, 0.2) is 0 Å². The Hall–Kier alpha value is -2.54. The molecule has 4 N–H and O–H groups in total. The van der Waals surface area contributed by atoms with Crippen molar-refractivity contribution >= 4 is 29.2 Å². The lowest BCUT2D eigenvalue weighted by Crippen LogP contribution is -2.59. The highest BCUT2D eigenvalue weighted by Gasteiger charge is 2.51. The third-order valence-electron chi connectivity index (χ3n) is 6.19. The van der Waals surface area contributed by atoms with Crippen molar-refractivity contribution in [3.63, 3.8) is 0 Å². The van der Waals surface area contributed by atoms with Gasteiger partial charge in [0.25, 0.3) is 11.1 Å². The average molecular weight is 525 g/mol. The fraction of sp³-hybridized carbons (Fsp3) is 0.591. The maximum Gasteiger partial charge on any atom is 0.256 e. The molecular weight excluding hydrogens is 495 g/mol. The molecule has 0 radical (unpaired) electrons. The van der Waals surface area contributed by atoms with E-state index in [2.05, 4.69) is 36.7 Å². The number of halogens is 5. The molecule has 2 fully saturated rings. The van der Waals surface area contributed by atoms with Gasteiger partial charge in [0.05, 0.1) is 11.7 Å². The molecule has 35 heavy (non-hydrogen) atoms. The Bertz CT molecular complexity index is 957. The van der Waals surface area contributed by atoms with Crippen LogP contribution in [0, 0.1) is 35.0 Å². The summed E-state index contributed by atoms with van der Waals surface area (Å²) in [5.74, 6) is -12.4. The van der Waals surface area contributed by atoms with Gasteiger partial charge in [-0.05, 0) is 24.6 Å². The number of nitrogens with one attached hydrogen (secondary N) is 1. The summed E-state index contributed by atoms with van der Waals surface area (Å²) < 4.78 is 62.4. The van der Waals surface area contributed by atoms with Gasteiger partial charge in [-0.1, -0.05) is 27.2 Å². The van der Waals surface area contributed by atoms with Crippen LogP contribution < -0.4 is 11.1 Å². The van der Waals surface area contributed by atoms with E-state index in [9.17, 15) is 36.6 Å². The smallest absolute Gasteiger partial charge is 0.256 e. The van der Waals surface area contributed by atoms with E-state index in [1.165, 1.54) is 0 Å². The molecule has 1 aromatic rings. The maximum atomic E-state index is 12.7. The van der Waals surface area contributed by atoms with Gasteiger partial charge in [0.15, 0.2) is 23.3 Å². The summed E-state index contributed by atoms with van der Waals surface area (Å²) in [6, 6.07) is -0.0884. The van der Waals surface area contributed by atoms with E-state index < -0.39 is 40.6 Å². The van der Waals surface area contributed by atoms with Gasteiger partial charge in [-0.15, -0.1) is 0 Å². The standard InChI is InChI=1S/C15H27N3O2S.C7H2F5NO/c1-4-5-8-18-13(19)12(11(2)3)16-15(18)6-9-17(10-7-15)14(20)21;8-2-1(7(13)14)3(9)5(11)6(12)4(2)10/h11-12,16H,4-10H2,1-3H3,(H,20,21);(H2,13,14). The van der Waals surface area contributed by atoms with Crippen molar-refractivity contribution in [1.82, 2.24) is 15.1 Å². The number of benzene rings is 1. The lowest BCUT2D eigenvalue weighted by molar-refractivity contribution is -0.133. The number of aliphatic hydroxyl groups is 1. The average Bonchev–Trinajstić information content (AvgIpc) is 3.06. The molecule has 2 aliphatic rings. The zero-order valence-electron chi connectivity index (χ0n) is 19.6. The van der Waals surface area contributed by atoms with Crippen molar-refractivity contribution in [2.45, 2.75) is 58.2 Å². The molecule has 2 aliphatic heterocycles. The Kier molecular flexibility index (Phi) is 9.40. The molecule has 1 aromatic carbocycles. The van der Waals surface area contributed by atoms with E-state index >= 15 is 0 Å². The molecule has 0 bridgehead atoms. The molecule has 2 amide bonds. The van der Waals surface area contributed by atoms with E-state index in [4.69, 9.17) is 12.2 Å². The number of unbranched alkanes of at least 4 members (excludes halogenated alkanes) is 1. The predicted octanol–water partition coefficient (Wildman–Crippen LogP) is 3.36. The molecule has 3 rings (SSSR count). The Balaban J connectivity index is 0.000000269. The molecule has 2 heterocycles. The fourth-order valence-electron chi connectivity index (χ4n) is 4.20. The first-order chi connectivity index (χ1) is 16.3. The second-order valence-electron chi connectivity index (χ2n) is 8.82. The van der Waals surface area contributed by atoms with Gasteiger partial charge in [-0.25, -0.2) is 22.0 Å². The third kappa shape index (κ3) is 5.83. The van der Waals surface area contributed by atoms with Crippen LogP contribution in [0.25, 0.3) is 0 Å². The van der Waals surface area contributed by atoms with Crippen LogP contribution in [-0.2, 0) is 4.79 Å². The van der Waals surface area contributed by atoms with Crippen molar-refractivity contribution in [2.75, 3.05) is 19.6 Å². The zero-order chi connectivity index (χ0) is 26.7. The first-order valence-corrected chi connectivity index (χ1v) is 11.6. The second-order valence-corrected chi connectivity index (χ2v) is 9.18. The molecule has 13 heteroatoms. The number of thiocarbonyl (C=S) groups is 1. The Labute approximate surface area is 205 Å². The highest BCUT2D eigenvalue weighted by Crippen LogP contribution is 2.34. The minimum atomic E-state index is -2.33. The van der Waals surface area contributed by atoms with Gasteiger partial charge >= 0.3 is 0 Å². The van der Waals surface area contributed by atoms with Crippen molar-refractivity contribution < 1.29 is 36.6 Å². The molecule has 1 unspecified atom stereocenters. The molecule has 196 valence electrons. The highest BCUT2D eigenvalue weighted by molar-refractivity contribution is 7.79. The van der Waals surface area contributed by atoms with Crippen molar-refractivity contribution in [1.29, 1.82) is 0 Å². The largest absolute Gasteiger partial charge is 0.487 e. The number of hydrogen-bond donors (Lipinski definition) is 3. The first-order valence-electron chi connectivity index (χ1n) is 11.2. The van der Waals surface area contributed by atoms with E-state index in [1.807, 2.05) is 4.90 Å². The number of nitrogens with zero attached hydrogens (tertiary/aromatic N) is 2. The van der Waals surface area contributed by atoms with Crippen LogP contribution in [0.4, 0.5) is 22.0 Å². The Morgan fingerprint density at radius 2 is 1.60 bits per heavy atom. The number of piperidine rings is 1. The van der Waals surface area contributed by atoms with Gasteiger partial charge in [0.1, 0.15) is 5.56 Å². The molecule has 0 saturated carbocycles. The molecule has 1 spiro atoms. The summed E-state index contributed by atoms with van der Waals surface area (Å²) in [6.07, 6.45) is 3.74. The molecule has 0 aromatic heterocycles. The highest BCUT2D eigenvalue weighted by atomic mass is 32.1. The number of carbonyl (C=O) groups excluding carboxylic acids is 2. The van der Waals surface area contributed by atoms with Gasteiger partial charge < -0.3 is 20.6 Å². The summed E-state index contributed by atoms with van der Waals surface area (Å²) in [6.45, 7) is 8.53. The summed E-state index contributed by atoms with van der Waals surface area (Å²) in [4.78, 5) is 26.9. The fourth-order valence-corrected chi connectivity index (χ4v) is 4.39. The minimum absolute atomic E-state index is 0.0327. The van der Waals surface area contributed by atoms with E-state index in [-0.39, 0.29) is 28.7 Å². The minimum Gasteiger partial charge on any atom is -0.487 e. The van der Waals surface area contributed by atoms with Crippen LogP contribution in [0.3, 0.4) is 0 Å². The van der Waals surface area contributed by atoms with Gasteiger partial charge in [-0.3, -0.25) is 14.9 Å². The quantitative estimate of drug-likeness (QED) is 0.237. The molecule has 1 atom stereocenters. The maximum absolute atomic E-state index is 12.7. The van der Waals surface area contributed by atoms with Gasteiger partial charge in [0, 0.05) is 32.5 Å². The van der Waals surface area contributed by atoms with E-state index in [1.54, 1.807) is 0 Å². The summed E-state index contributed by atoms with van der Waals surface area (Å²) in [5, 5.41) is 13.0. The lowest BCUT2D eigenvalue weighted by atomic mass is 9.95. The summed E-state index contributed by atoms with van der Waals surface area (Å²) in [5.41, 5.74) is 2.54. The molecular formula is C22H29F5N4O3S. The Morgan fingerprint density at radius 3 is 2.00 bits per heavy atom. The molecule has 2 saturated heterocycles. The van der Waals surface area contributed by atoms with Crippen LogP contribution in [0.5, 0.6) is 0 Å². The van der Waals surface area contributed by atoms with Crippen LogP contribution in [-0.4, -0.2) is 63.2 Å². The normalized spacial score (nSPS) is 19.2. The number of aliphatic hydroxyl groups excluding tert-OH is 1. The van der Waals surface area contributed by atoms with Crippen LogP contribution >= 0.6 is 12.2 Å². The van der Waals surface area contributed by atoms with Crippen molar-refractivity contribution in [3.8, 4) is 0 Å². The Morgan fingerprint density at radius 1 is 1.11 bits per heavy atom. The number of carbonyl (C=O) groups is 2. The summed E-state index contributed by atoms with van der Waals surface area (Å²) in [7, 11) is 0. The summed E-state index contributed by atoms with van der Waals surface area (Å²) >= 11 is 4.85. The number of rotatable bonds is 5. The van der Waals surface area contributed by atoms with Gasteiger partial charge in [-0.2, -0.15) is 0 Å². The SMILES string of the molecule is CCCCN1C(=O)C(C(C)C)NC12CCN(C(O)=S)CC2.NC(=O)c1c(F)c(F)c(F)c(F)c1F. The zero-order valence-corrected chi connectivity index (χ0v) is 20.5. The monoisotopic (exact) mass is 524 g/mol. The first kappa shape index (κ1) is 28.7. The number of primary amides is 1. The number of likely N-dealkylation sites (tertiary alicyclic amines) is 1. The lowest BCUT2D eigenvalue weighted by Gasteiger charge is -2.44. The predicted molar refractivity (Wildman–Crippen MR) is 122 cm³/mol. The number of hydrogen-bond acceptors (Lipinski definition) is 4. The van der Waals surface area contributed by atoms with Crippen LogP contribution in [0.1, 0.15) is 56.8 Å². The molecule has 7 nitrogen and oxygen atoms in total. The topological polar surface area (TPSA) is 98.9 Å². The third-order valence-corrected chi connectivity index (χ3v) is 6.45. The van der Waals surface area contributed by atoms with E-state index in [0.717, 1.165) is 32.2 Å². The number of amides is 2. The van der Waals surface area contributed by atoms with Crippen LogP contribution in [0.2, 0.25) is 0 Å². The number of nitrogens with two attached hydrogens (primary N) is 1.